The third kappa shape index (κ3) is 3.88. The van der Waals surface area contributed by atoms with E-state index in [-0.39, 0.29) is 12.0 Å². The van der Waals surface area contributed by atoms with Crippen LogP contribution in [0, 0.1) is 0 Å². The number of aromatic nitrogens is 3. The first kappa shape index (κ1) is 17.4. The molecule has 2 aromatic heterocycles. The number of morpholine rings is 1. The molecule has 0 spiro atoms. The minimum Gasteiger partial charge on any atom is -0.375 e. The molecule has 7 nitrogen and oxygen atoms in total. The second-order valence-corrected chi connectivity index (χ2v) is 6.60. The maximum atomic E-state index is 12.8. The van der Waals surface area contributed by atoms with Gasteiger partial charge in [0, 0.05) is 37.6 Å². The number of nitrogens with one attached hydrogen (secondary N) is 1. The number of carbonyl (C=O) groups is 1. The van der Waals surface area contributed by atoms with Gasteiger partial charge in [-0.3, -0.25) is 9.78 Å². The van der Waals surface area contributed by atoms with Crippen molar-refractivity contribution >= 4 is 22.6 Å². The summed E-state index contributed by atoms with van der Waals surface area (Å²) in [5, 5.41) is 4.19. The van der Waals surface area contributed by atoms with Gasteiger partial charge in [0.1, 0.15) is 12.1 Å². The molecule has 1 atom stereocenters. The largest absolute Gasteiger partial charge is 0.375 e. The second kappa shape index (κ2) is 7.67. The van der Waals surface area contributed by atoms with Crippen LogP contribution in [0.2, 0.25) is 0 Å². The highest BCUT2D eigenvalue weighted by Gasteiger charge is 2.22. The van der Waals surface area contributed by atoms with Crippen molar-refractivity contribution < 1.29 is 9.53 Å². The van der Waals surface area contributed by atoms with Gasteiger partial charge in [-0.1, -0.05) is 12.1 Å². The Morgan fingerprint density at radius 1 is 1.33 bits per heavy atom. The first-order valence-corrected chi connectivity index (χ1v) is 8.99. The quantitative estimate of drug-likeness (QED) is 0.767. The molecule has 0 aliphatic carbocycles. The molecular formula is C20H21N5O2. The summed E-state index contributed by atoms with van der Waals surface area (Å²) in [6.07, 6.45) is 5.06. The molecule has 0 saturated carbocycles. The molecule has 3 heterocycles. The fraction of sp³-hybridized carbons (Fsp3) is 0.300. The summed E-state index contributed by atoms with van der Waals surface area (Å²) in [6, 6.07) is 9.54. The molecule has 1 aromatic carbocycles. The summed E-state index contributed by atoms with van der Waals surface area (Å²) < 4.78 is 5.52. The number of nitrogens with zero attached hydrogens (tertiary/aromatic N) is 4. The molecule has 0 radical (unpaired) electrons. The zero-order valence-electron chi connectivity index (χ0n) is 15.1. The molecule has 7 heteroatoms. The number of hydrogen-bond acceptors (Lipinski definition) is 6. The lowest BCUT2D eigenvalue weighted by Gasteiger charge is -2.31. The maximum absolute atomic E-state index is 12.8. The Morgan fingerprint density at radius 3 is 3.15 bits per heavy atom. The van der Waals surface area contributed by atoms with Gasteiger partial charge in [0.2, 0.25) is 0 Å². The fourth-order valence-electron chi connectivity index (χ4n) is 3.23. The van der Waals surface area contributed by atoms with Gasteiger partial charge in [-0.2, -0.15) is 0 Å². The average molecular weight is 363 g/mol. The number of amides is 1. The van der Waals surface area contributed by atoms with Crippen LogP contribution in [-0.4, -0.2) is 51.6 Å². The second-order valence-electron chi connectivity index (χ2n) is 6.60. The van der Waals surface area contributed by atoms with E-state index in [1.54, 1.807) is 12.4 Å². The number of pyridine rings is 1. The van der Waals surface area contributed by atoms with E-state index in [1.807, 2.05) is 42.2 Å². The summed E-state index contributed by atoms with van der Waals surface area (Å²) in [4.78, 5) is 27.3. The summed E-state index contributed by atoms with van der Waals surface area (Å²) in [7, 11) is 0. The van der Waals surface area contributed by atoms with Crippen LogP contribution in [0.25, 0.3) is 10.9 Å². The van der Waals surface area contributed by atoms with Crippen LogP contribution in [0.15, 0.2) is 49.1 Å². The Kier molecular flexibility index (Phi) is 4.93. The number of carbonyl (C=O) groups excluding carboxylic acids is 1. The molecule has 1 unspecified atom stereocenters. The molecule has 1 fully saturated rings. The van der Waals surface area contributed by atoms with Crippen molar-refractivity contribution in [2.75, 3.05) is 25.0 Å². The summed E-state index contributed by atoms with van der Waals surface area (Å²) in [5.74, 6) is 0.774. The zero-order valence-corrected chi connectivity index (χ0v) is 15.1. The van der Waals surface area contributed by atoms with Crippen molar-refractivity contribution in [2.45, 2.75) is 19.6 Å². The van der Waals surface area contributed by atoms with Gasteiger partial charge in [0.05, 0.1) is 23.6 Å². The van der Waals surface area contributed by atoms with E-state index < -0.39 is 0 Å². The van der Waals surface area contributed by atoms with E-state index in [0.717, 1.165) is 22.3 Å². The lowest BCUT2D eigenvalue weighted by molar-refractivity contribution is -0.0124. The van der Waals surface area contributed by atoms with Crippen LogP contribution in [-0.2, 0) is 11.3 Å². The normalized spacial score (nSPS) is 17.1. The average Bonchev–Trinajstić information content (AvgIpc) is 2.72. The highest BCUT2D eigenvalue weighted by atomic mass is 16.5. The molecule has 0 bridgehead atoms. The first-order chi connectivity index (χ1) is 13.2. The summed E-state index contributed by atoms with van der Waals surface area (Å²) in [5.41, 5.74) is 2.54. The van der Waals surface area contributed by atoms with Gasteiger partial charge in [-0.15, -0.1) is 0 Å². The number of rotatable bonds is 4. The van der Waals surface area contributed by atoms with Crippen LogP contribution >= 0.6 is 0 Å². The van der Waals surface area contributed by atoms with Gasteiger partial charge >= 0.3 is 0 Å². The Bertz CT molecular complexity index is 957. The molecule has 3 aromatic rings. The predicted molar refractivity (Wildman–Crippen MR) is 102 cm³/mol. The monoisotopic (exact) mass is 363 g/mol. The Hall–Kier alpha value is -3.06. The van der Waals surface area contributed by atoms with Crippen molar-refractivity contribution in [1.82, 2.24) is 19.9 Å². The van der Waals surface area contributed by atoms with E-state index in [9.17, 15) is 4.79 Å². The third-order valence-corrected chi connectivity index (χ3v) is 4.60. The van der Waals surface area contributed by atoms with E-state index in [4.69, 9.17) is 4.74 Å². The van der Waals surface area contributed by atoms with Crippen LogP contribution in [0.1, 0.15) is 22.8 Å². The number of ether oxygens (including phenoxy) is 1. The topological polar surface area (TPSA) is 80.2 Å². The van der Waals surface area contributed by atoms with E-state index >= 15 is 0 Å². The molecular weight excluding hydrogens is 342 g/mol. The van der Waals surface area contributed by atoms with Gasteiger partial charge in [-0.05, 0) is 30.7 Å². The van der Waals surface area contributed by atoms with Gasteiger partial charge in [-0.25, -0.2) is 9.97 Å². The number of anilines is 1. The van der Waals surface area contributed by atoms with Crippen molar-refractivity contribution in [2.24, 2.45) is 0 Å². The molecule has 27 heavy (non-hydrogen) atoms. The van der Waals surface area contributed by atoms with E-state index in [0.29, 0.717) is 31.8 Å². The molecule has 4 rings (SSSR count). The molecule has 1 saturated heterocycles. The van der Waals surface area contributed by atoms with Crippen molar-refractivity contribution in [1.29, 1.82) is 0 Å². The molecule has 138 valence electrons. The Morgan fingerprint density at radius 2 is 2.26 bits per heavy atom. The fourth-order valence-corrected chi connectivity index (χ4v) is 3.23. The smallest absolute Gasteiger partial charge is 0.254 e. The summed E-state index contributed by atoms with van der Waals surface area (Å²) in [6.45, 7) is 4.39. The lowest BCUT2D eigenvalue weighted by atomic mass is 10.1. The van der Waals surface area contributed by atoms with Crippen molar-refractivity contribution in [3.8, 4) is 0 Å². The highest BCUT2D eigenvalue weighted by molar-refractivity contribution is 5.94. The number of fused-ring (bicyclic) bond motifs is 1. The predicted octanol–water partition coefficient (Wildman–Crippen LogP) is 2.50. The van der Waals surface area contributed by atoms with Crippen LogP contribution < -0.4 is 5.32 Å². The van der Waals surface area contributed by atoms with Crippen LogP contribution in [0.4, 0.5) is 5.82 Å². The van der Waals surface area contributed by atoms with Crippen LogP contribution in [0.3, 0.4) is 0 Å². The van der Waals surface area contributed by atoms with Gasteiger partial charge < -0.3 is 15.0 Å². The first-order valence-electron chi connectivity index (χ1n) is 8.99. The van der Waals surface area contributed by atoms with Gasteiger partial charge in [0.15, 0.2) is 0 Å². The molecule has 1 N–H and O–H groups in total. The summed E-state index contributed by atoms with van der Waals surface area (Å²) >= 11 is 0. The number of benzene rings is 1. The van der Waals surface area contributed by atoms with Crippen LogP contribution in [0.5, 0.6) is 0 Å². The molecule has 1 aliphatic rings. The minimum atomic E-state index is 0.0451. The Balaban J connectivity index is 1.48. The van der Waals surface area contributed by atoms with E-state index in [1.165, 1.54) is 6.33 Å². The molecule has 1 amide bonds. The van der Waals surface area contributed by atoms with Crippen molar-refractivity contribution in [3.63, 3.8) is 0 Å². The highest BCUT2D eigenvalue weighted by Crippen LogP contribution is 2.18. The third-order valence-electron chi connectivity index (χ3n) is 4.60. The minimum absolute atomic E-state index is 0.0451. The number of hydrogen-bond donors (Lipinski definition) is 1. The van der Waals surface area contributed by atoms with E-state index in [2.05, 4.69) is 20.3 Å². The zero-order chi connectivity index (χ0) is 18.6. The Labute approximate surface area is 157 Å². The van der Waals surface area contributed by atoms with Gasteiger partial charge in [0.25, 0.3) is 5.91 Å². The lowest BCUT2D eigenvalue weighted by Crippen LogP contribution is -2.44. The standard InChI is InChI=1S/C20H21N5O2/c1-14-12-25(7-8-27-14)20(26)16-4-2-3-15(9-16)10-22-19-17-11-21-6-5-18(17)23-13-24-19/h2-6,9,11,13-14H,7-8,10,12H2,1H3,(H,22,23,24). The SMILES string of the molecule is CC1CN(C(=O)c2cccc(CNc3ncnc4ccncc34)c2)CCO1. The maximum Gasteiger partial charge on any atom is 0.254 e. The van der Waals surface area contributed by atoms with Crippen molar-refractivity contribution in [3.05, 3.63) is 60.2 Å². The molecule has 1 aliphatic heterocycles.